The van der Waals surface area contributed by atoms with Crippen molar-refractivity contribution < 1.29 is 9.53 Å². The van der Waals surface area contributed by atoms with Gasteiger partial charge in [0.1, 0.15) is 11.4 Å². The summed E-state index contributed by atoms with van der Waals surface area (Å²) in [5.41, 5.74) is 2.12. The molecule has 0 spiro atoms. The summed E-state index contributed by atoms with van der Waals surface area (Å²) in [5, 5.41) is 8.71. The summed E-state index contributed by atoms with van der Waals surface area (Å²) in [7, 11) is 0. The van der Waals surface area contributed by atoms with Crippen LogP contribution in [0.1, 0.15) is 28.6 Å². The molecule has 0 saturated carbocycles. The molecule has 0 fully saturated rings. The second-order valence-corrected chi connectivity index (χ2v) is 6.18. The molecule has 6 heteroatoms. The van der Waals surface area contributed by atoms with Gasteiger partial charge in [0.15, 0.2) is 11.9 Å². The van der Waals surface area contributed by atoms with E-state index in [1.807, 2.05) is 36.4 Å². The van der Waals surface area contributed by atoms with Crippen molar-refractivity contribution in [1.29, 1.82) is 0 Å². The predicted molar refractivity (Wildman–Crippen MR) is 87.8 cm³/mol. The Labute approximate surface area is 141 Å². The third kappa shape index (κ3) is 2.66. The number of carbonyl (C=O) groups is 1. The third-order valence-corrected chi connectivity index (χ3v) is 4.20. The van der Waals surface area contributed by atoms with Crippen molar-refractivity contribution in [3.63, 3.8) is 0 Å². The number of hydrogen-bond donors (Lipinski definition) is 0. The van der Waals surface area contributed by atoms with Crippen LogP contribution in [0.25, 0.3) is 5.69 Å². The quantitative estimate of drug-likeness (QED) is 0.690. The Bertz CT molecular complexity index is 877. The highest BCUT2D eigenvalue weighted by atomic mass is 79.9. The van der Waals surface area contributed by atoms with Crippen molar-refractivity contribution in [1.82, 2.24) is 15.0 Å². The van der Waals surface area contributed by atoms with Crippen LogP contribution in [-0.2, 0) is 0 Å². The lowest BCUT2D eigenvalue weighted by Crippen LogP contribution is -2.20. The van der Waals surface area contributed by atoms with Crippen LogP contribution in [0, 0.1) is 0 Å². The first-order chi connectivity index (χ1) is 11.2. The second kappa shape index (κ2) is 5.62. The van der Waals surface area contributed by atoms with Crippen LogP contribution >= 0.6 is 15.9 Å². The topological polar surface area (TPSA) is 57.0 Å². The summed E-state index contributed by atoms with van der Waals surface area (Å²) in [6.07, 6.45) is 1.50. The number of ketones is 1. The van der Waals surface area contributed by atoms with Gasteiger partial charge in [-0.15, -0.1) is 5.10 Å². The zero-order chi connectivity index (χ0) is 15.8. The Morgan fingerprint density at radius 1 is 1.17 bits per heavy atom. The van der Waals surface area contributed by atoms with Crippen molar-refractivity contribution >= 4 is 21.7 Å². The number of benzene rings is 2. The minimum Gasteiger partial charge on any atom is -0.483 e. The van der Waals surface area contributed by atoms with E-state index in [-0.39, 0.29) is 12.2 Å². The molecule has 1 unspecified atom stereocenters. The van der Waals surface area contributed by atoms with E-state index in [1.165, 1.54) is 0 Å². The normalized spacial score (nSPS) is 16.7. The monoisotopic (exact) mass is 369 g/mol. The van der Waals surface area contributed by atoms with Crippen molar-refractivity contribution in [3.8, 4) is 11.4 Å². The Hall–Kier alpha value is -2.47. The minimum absolute atomic E-state index is 0.0480. The third-order valence-electron chi connectivity index (χ3n) is 3.71. The molecule has 0 N–H and O–H groups in total. The van der Waals surface area contributed by atoms with Crippen molar-refractivity contribution in [2.24, 2.45) is 0 Å². The molecule has 0 aliphatic carbocycles. The lowest BCUT2D eigenvalue weighted by atomic mass is 9.99. The van der Waals surface area contributed by atoms with Gasteiger partial charge in [-0.1, -0.05) is 34.1 Å². The molecular formula is C17H12BrN3O2. The summed E-state index contributed by atoms with van der Waals surface area (Å²) < 4.78 is 6.80. The molecule has 0 amide bonds. The highest BCUT2D eigenvalue weighted by Gasteiger charge is 2.29. The van der Waals surface area contributed by atoms with E-state index in [0.717, 1.165) is 10.2 Å². The Morgan fingerprint density at radius 2 is 2.00 bits per heavy atom. The van der Waals surface area contributed by atoms with Gasteiger partial charge >= 0.3 is 0 Å². The first-order valence-electron chi connectivity index (χ1n) is 7.18. The number of nitrogens with zero attached hydrogens (tertiary/aromatic N) is 3. The highest BCUT2D eigenvalue weighted by molar-refractivity contribution is 9.10. The first kappa shape index (κ1) is 14.1. The predicted octanol–water partition coefficient (Wildman–Crippen LogP) is 3.74. The van der Waals surface area contributed by atoms with Crippen LogP contribution in [0.3, 0.4) is 0 Å². The zero-order valence-corrected chi connectivity index (χ0v) is 13.6. The number of para-hydroxylation sites is 1. The summed E-state index contributed by atoms with van der Waals surface area (Å²) in [6.45, 7) is 0. The molecule has 1 aromatic heterocycles. The smallest absolute Gasteiger partial charge is 0.170 e. The summed E-state index contributed by atoms with van der Waals surface area (Å²) in [6, 6.07) is 15.1. The van der Waals surface area contributed by atoms with Crippen LogP contribution in [0.5, 0.6) is 5.75 Å². The molecular weight excluding hydrogens is 358 g/mol. The molecule has 2 heterocycles. The lowest BCUT2D eigenvalue weighted by molar-refractivity contribution is 0.0844. The highest BCUT2D eigenvalue weighted by Crippen LogP contribution is 2.35. The number of ether oxygens (including phenoxy) is 1. The summed E-state index contributed by atoms with van der Waals surface area (Å²) in [5.74, 6) is 0.635. The second-order valence-electron chi connectivity index (χ2n) is 5.27. The van der Waals surface area contributed by atoms with Gasteiger partial charge in [-0.05, 0) is 30.3 Å². The average Bonchev–Trinajstić information content (AvgIpc) is 3.06. The van der Waals surface area contributed by atoms with E-state index in [0.29, 0.717) is 17.0 Å². The van der Waals surface area contributed by atoms with Crippen LogP contribution in [0.15, 0.2) is 59.2 Å². The molecule has 5 nitrogen and oxygen atoms in total. The Kier molecular flexibility index (Phi) is 3.46. The van der Waals surface area contributed by atoms with E-state index in [2.05, 4.69) is 26.1 Å². The largest absolute Gasteiger partial charge is 0.483 e. The molecule has 0 radical (unpaired) electrons. The molecule has 0 saturated heterocycles. The number of carbonyl (C=O) groups excluding carboxylic acids is 1. The molecule has 1 aliphatic heterocycles. The number of hydrogen-bond acceptors (Lipinski definition) is 4. The number of halogens is 1. The Balaban J connectivity index is 1.64. The van der Waals surface area contributed by atoms with E-state index in [9.17, 15) is 4.79 Å². The number of Topliss-reactive ketones (excluding diaryl/α,β-unsaturated/α-hetero) is 1. The first-order valence-corrected chi connectivity index (χ1v) is 7.97. The number of fused-ring (bicyclic) bond motifs is 1. The SMILES string of the molecule is O=C1CC(c2cnn(-c3ccccc3)n2)Oc2ccc(Br)cc21. The van der Waals surface area contributed by atoms with Gasteiger partial charge in [-0.2, -0.15) is 9.90 Å². The van der Waals surface area contributed by atoms with Gasteiger partial charge in [-0.3, -0.25) is 4.79 Å². The average molecular weight is 370 g/mol. The van der Waals surface area contributed by atoms with Gasteiger partial charge < -0.3 is 4.74 Å². The van der Waals surface area contributed by atoms with Crippen LogP contribution in [0.4, 0.5) is 0 Å². The maximum Gasteiger partial charge on any atom is 0.170 e. The van der Waals surface area contributed by atoms with Gasteiger partial charge in [-0.25, -0.2) is 0 Å². The molecule has 23 heavy (non-hydrogen) atoms. The van der Waals surface area contributed by atoms with Crippen molar-refractivity contribution in [2.75, 3.05) is 0 Å². The van der Waals surface area contributed by atoms with Gasteiger partial charge in [0.05, 0.1) is 23.9 Å². The minimum atomic E-state index is -0.409. The molecule has 3 aromatic rings. The van der Waals surface area contributed by atoms with Crippen LogP contribution < -0.4 is 4.74 Å². The summed E-state index contributed by atoms with van der Waals surface area (Å²) in [4.78, 5) is 13.9. The van der Waals surface area contributed by atoms with Crippen molar-refractivity contribution in [3.05, 3.63) is 70.5 Å². The fraction of sp³-hybridized carbons (Fsp3) is 0.118. The van der Waals surface area contributed by atoms with Gasteiger partial charge in [0.2, 0.25) is 0 Å². The van der Waals surface area contributed by atoms with E-state index in [1.54, 1.807) is 23.1 Å². The molecule has 1 atom stereocenters. The van der Waals surface area contributed by atoms with E-state index >= 15 is 0 Å². The zero-order valence-electron chi connectivity index (χ0n) is 12.0. The van der Waals surface area contributed by atoms with Crippen LogP contribution in [-0.4, -0.2) is 20.8 Å². The molecule has 114 valence electrons. The number of aromatic nitrogens is 3. The van der Waals surface area contributed by atoms with Gasteiger partial charge in [0.25, 0.3) is 0 Å². The van der Waals surface area contributed by atoms with Gasteiger partial charge in [0, 0.05) is 4.47 Å². The molecule has 1 aliphatic rings. The van der Waals surface area contributed by atoms with E-state index < -0.39 is 6.10 Å². The maximum atomic E-state index is 12.3. The maximum absolute atomic E-state index is 12.3. The Morgan fingerprint density at radius 3 is 2.83 bits per heavy atom. The van der Waals surface area contributed by atoms with Crippen molar-refractivity contribution in [2.45, 2.75) is 12.5 Å². The standard InChI is InChI=1S/C17H12BrN3O2/c18-11-6-7-16-13(8-11)15(22)9-17(23-16)14-10-19-21(20-14)12-4-2-1-3-5-12/h1-8,10,17H,9H2. The summed E-state index contributed by atoms with van der Waals surface area (Å²) >= 11 is 3.37. The molecule has 2 aromatic carbocycles. The molecule has 4 rings (SSSR count). The molecule has 0 bridgehead atoms. The fourth-order valence-electron chi connectivity index (χ4n) is 2.57. The van der Waals surface area contributed by atoms with E-state index in [4.69, 9.17) is 4.74 Å². The number of rotatable bonds is 2. The van der Waals surface area contributed by atoms with Crippen LogP contribution in [0.2, 0.25) is 0 Å². The fourth-order valence-corrected chi connectivity index (χ4v) is 2.93. The lowest BCUT2D eigenvalue weighted by Gasteiger charge is -2.23.